The lowest BCUT2D eigenvalue weighted by atomic mass is 10.0. The lowest BCUT2D eigenvalue weighted by Gasteiger charge is -2.28. The van der Waals surface area contributed by atoms with E-state index in [0.29, 0.717) is 29.5 Å². The average Bonchev–Trinajstić information content (AvgIpc) is 3.79. The molecule has 1 saturated heterocycles. The summed E-state index contributed by atoms with van der Waals surface area (Å²) in [7, 11) is 0. The van der Waals surface area contributed by atoms with Crippen molar-refractivity contribution in [2.24, 2.45) is 16.5 Å². The molecule has 23 heteroatoms. The molecule has 0 spiro atoms. The minimum absolute atomic E-state index is 0.00798. The number of para-hydroxylation sites is 1. The molecule has 1 aliphatic rings. The summed E-state index contributed by atoms with van der Waals surface area (Å²) < 4.78 is 0. The number of guanidine groups is 1. The van der Waals surface area contributed by atoms with Gasteiger partial charge in [-0.1, -0.05) is 80.4 Å². The third-order valence-electron chi connectivity index (χ3n) is 12.7. The Balaban J connectivity index is 1.57. The van der Waals surface area contributed by atoms with Crippen LogP contribution in [0.3, 0.4) is 0 Å². The molecule has 23 nitrogen and oxygen atoms in total. The van der Waals surface area contributed by atoms with Crippen molar-refractivity contribution in [3.8, 4) is 5.75 Å². The van der Waals surface area contributed by atoms with Crippen LogP contribution in [0.2, 0.25) is 0 Å². The Kier molecular flexibility index (Phi) is 22.6. The van der Waals surface area contributed by atoms with E-state index in [1.54, 1.807) is 42.6 Å². The standard InChI is InChI=1S/C53H70N12O11/c1-3-4-16-38(59-31(2)66)46(69)65-44-29-45(68)56-24-11-10-18-40(52(75)76)61-50(73)43(28-34-30-58-37-17-9-8-15-36(34)37)64-47(70)39(19-12-25-57-53(54)55)60-48(71)41(26-32-13-6-5-7-14-32)62-49(72)42(63-51(44)74)27-33-20-22-35(67)23-21-33/h5-9,13-15,17,20-23,30,38-44,58,67H,3-4,10-12,16,18-19,24-29H2,1-2H3,(H,56,68)(H,59,66)(H,60,71)(H,61,73)(H,62,72)(H,63,74)(H,64,70)(H,65,69)(H,75,76)(H4,54,55,57)/t38-,39-,40-,41+,42-,43-,44-/m0/s1. The summed E-state index contributed by atoms with van der Waals surface area (Å²) in [6, 6.07) is 11.8. The van der Waals surface area contributed by atoms with Crippen LogP contribution in [0.5, 0.6) is 5.75 Å². The van der Waals surface area contributed by atoms with E-state index in [9.17, 15) is 53.4 Å². The summed E-state index contributed by atoms with van der Waals surface area (Å²) in [6.45, 7) is 3.15. The molecule has 0 saturated carbocycles. The molecule has 0 unspecified atom stereocenters. The molecule has 4 aromatic rings. The van der Waals surface area contributed by atoms with Gasteiger partial charge < -0.3 is 69.2 Å². The fourth-order valence-corrected chi connectivity index (χ4v) is 8.62. The number of carbonyl (C=O) groups is 9. The summed E-state index contributed by atoms with van der Waals surface area (Å²) in [5.41, 5.74) is 13.6. The van der Waals surface area contributed by atoms with Crippen molar-refractivity contribution in [1.29, 1.82) is 0 Å². The van der Waals surface area contributed by atoms with Crippen LogP contribution < -0.4 is 54.0 Å². The highest BCUT2D eigenvalue weighted by molar-refractivity contribution is 5.99. The topological polar surface area (TPSA) is 371 Å². The molecular weight excluding hydrogens is 981 g/mol. The van der Waals surface area contributed by atoms with Crippen LogP contribution in [0, 0.1) is 0 Å². The Morgan fingerprint density at radius 1 is 0.724 bits per heavy atom. The number of nitrogens with zero attached hydrogens (tertiary/aromatic N) is 1. The van der Waals surface area contributed by atoms with E-state index >= 15 is 0 Å². The van der Waals surface area contributed by atoms with Gasteiger partial charge in [0.1, 0.15) is 48.0 Å². The lowest BCUT2D eigenvalue weighted by molar-refractivity contribution is -0.142. The van der Waals surface area contributed by atoms with Crippen LogP contribution in [-0.4, -0.2) is 130 Å². The zero-order valence-electron chi connectivity index (χ0n) is 42.7. The molecule has 0 radical (unpaired) electrons. The number of nitrogens with two attached hydrogens (primary N) is 2. The number of H-pyrrole nitrogens is 1. The molecule has 3 aromatic carbocycles. The van der Waals surface area contributed by atoms with Gasteiger partial charge in [-0.3, -0.25) is 43.3 Å². The Morgan fingerprint density at radius 2 is 1.32 bits per heavy atom. The first-order valence-electron chi connectivity index (χ1n) is 25.4. The largest absolute Gasteiger partial charge is 0.508 e. The number of rotatable bonds is 17. The molecule has 1 aromatic heterocycles. The molecular formula is C53H70N12O11. The first-order valence-corrected chi connectivity index (χ1v) is 25.4. The minimum Gasteiger partial charge on any atom is -0.508 e. The van der Waals surface area contributed by atoms with Gasteiger partial charge in [0.25, 0.3) is 0 Å². The van der Waals surface area contributed by atoms with Crippen LogP contribution in [-0.2, 0) is 62.4 Å². The highest BCUT2D eigenvalue weighted by atomic mass is 16.4. The number of carboxylic acids is 1. The number of aromatic hydroxyl groups is 1. The molecule has 7 atom stereocenters. The predicted molar refractivity (Wildman–Crippen MR) is 282 cm³/mol. The Bertz CT molecular complexity index is 2680. The fourth-order valence-electron chi connectivity index (χ4n) is 8.62. The molecule has 5 rings (SSSR count). The van der Waals surface area contributed by atoms with Gasteiger partial charge >= 0.3 is 5.97 Å². The molecule has 2 heterocycles. The molecule has 0 bridgehead atoms. The molecule has 15 N–H and O–H groups in total. The Hall–Kier alpha value is -8.50. The Morgan fingerprint density at radius 3 is 1.96 bits per heavy atom. The third kappa shape index (κ3) is 18.8. The van der Waals surface area contributed by atoms with Gasteiger partial charge in [-0.2, -0.15) is 0 Å². The Labute approximate surface area is 439 Å². The number of nitrogens with one attached hydrogen (secondary N) is 9. The van der Waals surface area contributed by atoms with E-state index in [4.69, 9.17) is 11.5 Å². The highest BCUT2D eigenvalue weighted by Gasteiger charge is 2.35. The van der Waals surface area contributed by atoms with Gasteiger partial charge in [-0.25, -0.2) is 4.79 Å². The second-order valence-corrected chi connectivity index (χ2v) is 18.7. The van der Waals surface area contributed by atoms with Crippen molar-refractivity contribution < 1.29 is 53.4 Å². The number of phenols is 1. The van der Waals surface area contributed by atoms with Gasteiger partial charge in [0.15, 0.2) is 5.96 Å². The number of unbranched alkanes of at least 4 members (excludes halogenated alkanes) is 1. The molecule has 1 aliphatic heterocycles. The summed E-state index contributed by atoms with van der Waals surface area (Å²) >= 11 is 0. The lowest BCUT2D eigenvalue weighted by Crippen LogP contribution is -2.61. The number of aromatic amines is 1. The second-order valence-electron chi connectivity index (χ2n) is 18.7. The average molecular weight is 1050 g/mol. The van der Waals surface area contributed by atoms with E-state index in [-0.39, 0.29) is 82.6 Å². The van der Waals surface area contributed by atoms with Crippen molar-refractivity contribution in [1.82, 2.24) is 47.5 Å². The van der Waals surface area contributed by atoms with Gasteiger partial charge in [-0.05, 0) is 73.4 Å². The zero-order chi connectivity index (χ0) is 55.1. The van der Waals surface area contributed by atoms with Crippen LogP contribution in [0.4, 0.5) is 0 Å². The first kappa shape index (κ1) is 58.4. The SMILES string of the molecule is CCCC[C@H](NC(C)=O)C(=O)N[C@H]1CC(=O)NCCCC[C@@H](C(=O)O)NC(=O)[C@H](Cc2c[nH]c3ccccc23)NC(=O)[C@H](CCCN=C(N)N)NC(=O)[C@@H](Cc2ccccc2)NC(=O)[C@H](Cc2ccc(O)cc2)NC1=O. The maximum absolute atomic E-state index is 14.7. The number of benzene rings is 3. The maximum atomic E-state index is 14.7. The van der Waals surface area contributed by atoms with Crippen LogP contribution in [0.25, 0.3) is 10.9 Å². The van der Waals surface area contributed by atoms with Crippen LogP contribution >= 0.6 is 0 Å². The minimum atomic E-state index is -1.62. The van der Waals surface area contributed by atoms with Gasteiger partial charge in [0.05, 0.1) is 6.42 Å². The number of aliphatic imine (C=N–C) groups is 1. The van der Waals surface area contributed by atoms with Gasteiger partial charge in [0.2, 0.25) is 47.3 Å². The van der Waals surface area contributed by atoms with E-state index in [0.717, 1.165) is 10.9 Å². The van der Waals surface area contributed by atoms with E-state index in [1.807, 2.05) is 25.1 Å². The van der Waals surface area contributed by atoms with Crippen molar-refractivity contribution in [3.05, 3.63) is 102 Å². The molecule has 1 fully saturated rings. The van der Waals surface area contributed by atoms with Crippen molar-refractivity contribution >= 4 is 70.1 Å². The number of carbonyl (C=O) groups excluding carboxylic acids is 8. The summed E-state index contributed by atoms with van der Waals surface area (Å²) in [6.07, 6.45) is 2.35. The number of aliphatic carboxylic acids is 1. The van der Waals surface area contributed by atoms with Crippen LogP contribution in [0.1, 0.15) is 88.3 Å². The smallest absolute Gasteiger partial charge is 0.326 e. The summed E-state index contributed by atoms with van der Waals surface area (Å²) in [4.78, 5) is 132. The fraction of sp³-hybridized carbons (Fsp3) is 0.434. The zero-order valence-corrected chi connectivity index (χ0v) is 42.7. The van der Waals surface area contributed by atoms with Crippen molar-refractivity contribution in [2.45, 2.75) is 133 Å². The highest BCUT2D eigenvalue weighted by Crippen LogP contribution is 2.20. The van der Waals surface area contributed by atoms with Gasteiger partial charge in [0, 0.05) is 56.4 Å². The third-order valence-corrected chi connectivity index (χ3v) is 12.7. The number of fused-ring (bicyclic) bond motifs is 1. The number of carboxylic acid groups (broad SMARTS) is 1. The van der Waals surface area contributed by atoms with E-state index in [2.05, 4.69) is 52.5 Å². The maximum Gasteiger partial charge on any atom is 0.326 e. The number of aromatic nitrogens is 1. The van der Waals surface area contributed by atoms with E-state index in [1.165, 1.54) is 31.2 Å². The molecule has 8 amide bonds. The van der Waals surface area contributed by atoms with E-state index < -0.39 is 102 Å². The second kappa shape index (κ2) is 29.4. The predicted octanol–water partition coefficient (Wildman–Crippen LogP) is 0.333. The number of hydrogen-bond donors (Lipinski definition) is 13. The van der Waals surface area contributed by atoms with Gasteiger partial charge in [-0.15, -0.1) is 0 Å². The number of amides is 8. The van der Waals surface area contributed by atoms with Crippen molar-refractivity contribution in [2.75, 3.05) is 13.1 Å². The summed E-state index contributed by atoms with van der Waals surface area (Å²) in [5, 5.41) is 42.4. The normalized spacial score (nSPS) is 21.0. The quantitative estimate of drug-likeness (QED) is 0.0386. The first-order chi connectivity index (χ1) is 36.4. The molecule has 76 heavy (non-hydrogen) atoms. The number of phenolic OH excluding ortho intramolecular Hbond substituents is 1. The molecule has 0 aliphatic carbocycles. The monoisotopic (exact) mass is 1050 g/mol. The molecule has 408 valence electrons. The van der Waals surface area contributed by atoms with Crippen LogP contribution in [0.15, 0.2) is 90.1 Å². The summed E-state index contributed by atoms with van der Waals surface area (Å²) in [5.74, 6) is -8.01. The van der Waals surface area contributed by atoms with Crippen molar-refractivity contribution in [3.63, 3.8) is 0 Å². The number of hydrogen-bond acceptors (Lipinski definition) is 11.